The lowest BCUT2D eigenvalue weighted by Gasteiger charge is -2.12. The third-order valence-corrected chi connectivity index (χ3v) is 6.42. The topological polar surface area (TPSA) is 110 Å². The molecule has 0 saturated heterocycles. The lowest BCUT2D eigenvalue weighted by Crippen LogP contribution is -2.47. The van der Waals surface area contributed by atoms with Crippen LogP contribution in [0.5, 0.6) is 11.5 Å². The van der Waals surface area contributed by atoms with E-state index in [9.17, 15) is 9.59 Å². The van der Waals surface area contributed by atoms with Crippen LogP contribution in [0.3, 0.4) is 0 Å². The van der Waals surface area contributed by atoms with E-state index in [1.807, 2.05) is 43.3 Å². The quantitative estimate of drug-likeness (QED) is 0.424. The average molecular weight is 499 g/mol. The zero-order chi connectivity index (χ0) is 25.1. The maximum Gasteiger partial charge on any atom is 0.283 e. The third-order valence-electron chi connectivity index (χ3n) is 5.44. The molecule has 0 bridgehead atoms. The number of carbonyl (C=O) groups excluding carboxylic acids is 1. The van der Waals surface area contributed by atoms with E-state index >= 15 is 0 Å². The van der Waals surface area contributed by atoms with Gasteiger partial charge in [0, 0.05) is 5.57 Å². The third kappa shape index (κ3) is 4.82. The standard InChI is InChI=1S/C27H22N4O4S/c1-2-34-23-15-18(8-13-22(23)35-16-17-6-4-3-5-7-17)14-21-24(28)31-27(29-25(21)33)36-26(30-31)19-9-11-20(32)12-10-19/h3-15,28,30H,2,16H2,1H3. The van der Waals surface area contributed by atoms with Crippen LogP contribution in [0.1, 0.15) is 18.1 Å². The summed E-state index contributed by atoms with van der Waals surface area (Å²) in [7, 11) is 0. The van der Waals surface area contributed by atoms with Gasteiger partial charge < -0.3 is 9.47 Å². The van der Waals surface area contributed by atoms with Crippen molar-refractivity contribution in [3.63, 3.8) is 0 Å². The van der Waals surface area contributed by atoms with Gasteiger partial charge in [0.25, 0.3) is 5.56 Å². The lowest BCUT2D eigenvalue weighted by atomic mass is 10.1. The number of allylic oxidation sites excluding steroid dienone is 4. The van der Waals surface area contributed by atoms with Crippen LogP contribution in [0.25, 0.3) is 16.8 Å². The number of ether oxygens (including phenoxy) is 2. The molecule has 0 fully saturated rings. The number of fused-ring (bicyclic) bond motifs is 1. The van der Waals surface area contributed by atoms with E-state index in [1.54, 1.807) is 30.4 Å². The number of nitrogens with one attached hydrogen (secondary N) is 2. The zero-order valence-corrected chi connectivity index (χ0v) is 20.2. The van der Waals surface area contributed by atoms with Crippen LogP contribution in [0, 0.1) is 5.41 Å². The van der Waals surface area contributed by atoms with Gasteiger partial charge in [-0.25, -0.2) is 4.68 Å². The molecule has 2 aliphatic heterocycles. The average Bonchev–Trinajstić information content (AvgIpc) is 3.31. The normalized spacial score (nSPS) is 13.5. The van der Waals surface area contributed by atoms with Crippen LogP contribution in [0.4, 0.5) is 0 Å². The largest absolute Gasteiger partial charge is 0.490 e. The molecule has 0 radical (unpaired) electrons. The fourth-order valence-corrected chi connectivity index (χ4v) is 4.60. The number of aromatic amines is 1. The van der Waals surface area contributed by atoms with Gasteiger partial charge >= 0.3 is 0 Å². The van der Waals surface area contributed by atoms with Crippen molar-refractivity contribution in [1.82, 2.24) is 14.8 Å². The molecule has 1 aliphatic carbocycles. The van der Waals surface area contributed by atoms with E-state index in [4.69, 9.17) is 14.9 Å². The van der Waals surface area contributed by atoms with Crippen molar-refractivity contribution in [3.8, 4) is 16.6 Å². The number of hydrogen-bond acceptors (Lipinski definition) is 7. The van der Waals surface area contributed by atoms with Gasteiger partial charge in [0.2, 0.25) is 5.13 Å². The highest BCUT2D eigenvalue weighted by molar-refractivity contribution is 7.11. The van der Waals surface area contributed by atoms with Crippen LogP contribution in [-0.2, 0) is 11.4 Å². The zero-order valence-electron chi connectivity index (χ0n) is 19.4. The number of nitrogens with zero attached hydrogens (tertiary/aromatic N) is 2. The van der Waals surface area contributed by atoms with Gasteiger partial charge in [-0.3, -0.25) is 20.1 Å². The van der Waals surface area contributed by atoms with Crippen LogP contribution in [-0.4, -0.2) is 27.2 Å². The Bertz CT molecular complexity index is 1690. The second-order valence-electron chi connectivity index (χ2n) is 7.92. The van der Waals surface area contributed by atoms with Crippen molar-refractivity contribution in [2.75, 3.05) is 6.61 Å². The van der Waals surface area contributed by atoms with Gasteiger partial charge in [-0.15, -0.1) is 0 Å². The summed E-state index contributed by atoms with van der Waals surface area (Å²) in [5.41, 5.74) is 1.97. The molecule has 180 valence electrons. The second-order valence-corrected chi connectivity index (χ2v) is 8.90. The first-order chi connectivity index (χ1) is 17.5. The SMILES string of the molecule is CCOc1cc(C=c2c(=O)nc3sc(=C4C=CC(=O)C=C4)[nH]n-3c2=N)ccc1OCc1ccccc1. The molecule has 0 amide bonds. The Morgan fingerprint density at radius 1 is 1.03 bits per heavy atom. The van der Waals surface area contributed by atoms with Crippen molar-refractivity contribution >= 4 is 28.8 Å². The Hall–Kier alpha value is -4.50. The maximum atomic E-state index is 12.8. The molecule has 0 aromatic heterocycles. The summed E-state index contributed by atoms with van der Waals surface area (Å²) in [4.78, 5) is 28.4. The van der Waals surface area contributed by atoms with Gasteiger partial charge in [-0.05, 0) is 60.6 Å². The van der Waals surface area contributed by atoms with Crippen molar-refractivity contribution < 1.29 is 14.3 Å². The van der Waals surface area contributed by atoms with E-state index in [0.29, 0.717) is 40.1 Å². The summed E-state index contributed by atoms with van der Waals surface area (Å²) in [5.74, 6) is 1.05. The molecule has 2 N–H and O–H groups in total. The first-order valence-electron chi connectivity index (χ1n) is 11.3. The molecule has 2 aromatic carbocycles. The van der Waals surface area contributed by atoms with E-state index in [0.717, 1.165) is 11.1 Å². The Morgan fingerprint density at radius 2 is 1.81 bits per heavy atom. The first kappa shape index (κ1) is 23.3. The molecule has 2 heterocycles. The first-order valence-corrected chi connectivity index (χ1v) is 12.1. The fraction of sp³-hybridized carbons (Fsp3) is 0.111. The molecule has 36 heavy (non-hydrogen) atoms. The second kappa shape index (κ2) is 10.0. The number of rotatable bonds is 6. The molecule has 5 rings (SSSR count). The fourth-order valence-electron chi connectivity index (χ4n) is 3.67. The van der Waals surface area contributed by atoms with Gasteiger partial charge in [-0.2, -0.15) is 4.98 Å². The van der Waals surface area contributed by atoms with E-state index in [1.165, 1.54) is 28.2 Å². The van der Waals surface area contributed by atoms with E-state index < -0.39 is 5.56 Å². The van der Waals surface area contributed by atoms with Gasteiger partial charge in [0.05, 0.1) is 11.8 Å². The summed E-state index contributed by atoms with van der Waals surface area (Å²) in [6.45, 7) is 2.74. The van der Waals surface area contributed by atoms with Crippen molar-refractivity contribution in [2.24, 2.45) is 0 Å². The van der Waals surface area contributed by atoms with Crippen molar-refractivity contribution in [2.45, 2.75) is 13.5 Å². The van der Waals surface area contributed by atoms with Gasteiger partial charge in [-0.1, -0.05) is 47.7 Å². The maximum absolute atomic E-state index is 12.8. The molecule has 2 aromatic rings. The summed E-state index contributed by atoms with van der Waals surface area (Å²) >= 11 is 1.24. The Kier molecular flexibility index (Phi) is 6.46. The summed E-state index contributed by atoms with van der Waals surface area (Å²) in [6.07, 6.45) is 7.93. The summed E-state index contributed by atoms with van der Waals surface area (Å²) < 4.78 is 13.9. The smallest absolute Gasteiger partial charge is 0.283 e. The predicted octanol–water partition coefficient (Wildman–Crippen LogP) is 2.19. The van der Waals surface area contributed by atoms with E-state index in [-0.39, 0.29) is 16.5 Å². The molecule has 0 saturated carbocycles. The lowest BCUT2D eigenvalue weighted by molar-refractivity contribution is -0.110. The number of H-pyrrole nitrogens is 1. The number of hydrogen-bond donors (Lipinski definition) is 2. The molecule has 8 nitrogen and oxygen atoms in total. The number of carbonyl (C=O) groups is 1. The molecule has 0 atom stereocenters. The van der Waals surface area contributed by atoms with Crippen molar-refractivity contribution in [1.29, 1.82) is 5.41 Å². The molecule has 9 heteroatoms. The minimum absolute atomic E-state index is 0.0182. The highest BCUT2D eigenvalue weighted by Gasteiger charge is 2.13. The Balaban J connectivity index is 1.53. The Labute approximate surface area is 209 Å². The minimum Gasteiger partial charge on any atom is -0.490 e. The molecule has 0 unspecified atom stereocenters. The highest BCUT2D eigenvalue weighted by atomic mass is 32.1. The predicted molar refractivity (Wildman–Crippen MR) is 137 cm³/mol. The summed E-state index contributed by atoms with van der Waals surface area (Å²) in [6, 6.07) is 15.2. The van der Waals surface area contributed by atoms with E-state index in [2.05, 4.69) is 10.1 Å². The van der Waals surface area contributed by atoms with Gasteiger partial charge in [0.1, 0.15) is 11.3 Å². The van der Waals surface area contributed by atoms with Crippen LogP contribution >= 0.6 is 11.3 Å². The highest BCUT2D eigenvalue weighted by Crippen LogP contribution is 2.29. The molecular weight excluding hydrogens is 476 g/mol. The molecule has 3 aliphatic rings. The van der Waals surface area contributed by atoms with Crippen molar-refractivity contribution in [3.05, 3.63) is 110 Å². The monoisotopic (exact) mass is 498 g/mol. The number of ketones is 1. The van der Waals surface area contributed by atoms with Crippen LogP contribution < -0.4 is 30.4 Å². The molecular formula is C27H22N4O4S. The van der Waals surface area contributed by atoms with Crippen LogP contribution in [0.15, 0.2) is 77.6 Å². The number of aromatic nitrogens is 3. The summed E-state index contributed by atoms with van der Waals surface area (Å²) in [5, 5.41) is 12.3. The van der Waals surface area contributed by atoms with Crippen LogP contribution in [0.2, 0.25) is 0 Å². The van der Waals surface area contributed by atoms with Gasteiger partial charge in [0.15, 0.2) is 22.8 Å². The molecule has 0 spiro atoms. The number of benzene rings is 2. The Morgan fingerprint density at radius 3 is 2.56 bits per heavy atom. The minimum atomic E-state index is -0.501.